The number of benzene rings is 2. The topological polar surface area (TPSA) is 210 Å². The zero-order valence-electron chi connectivity index (χ0n) is 28.2. The summed E-state index contributed by atoms with van der Waals surface area (Å²) in [5, 5.41) is 23.0. The highest BCUT2D eigenvalue weighted by Gasteiger charge is 2.34. The number of carbonyl (C=O) groups is 6. The van der Waals surface area contributed by atoms with Crippen molar-refractivity contribution in [2.24, 2.45) is 17.8 Å². The zero-order chi connectivity index (χ0) is 37.6. The lowest BCUT2D eigenvalue weighted by Gasteiger charge is -2.26. The molecule has 0 heterocycles. The highest BCUT2D eigenvalue weighted by atomic mass is 35.5. The Labute approximate surface area is 296 Å². The van der Waals surface area contributed by atoms with Crippen LogP contribution in [-0.2, 0) is 49.9 Å². The number of carbonyl (C=O) groups excluding carboxylic acids is 4. The summed E-state index contributed by atoms with van der Waals surface area (Å²) in [4.78, 5) is 76.6. The number of nitrogens with one attached hydrogen (secondary N) is 2. The quantitative estimate of drug-likeness (QED) is 0.142. The summed E-state index contributed by atoms with van der Waals surface area (Å²) < 4.78 is 29.6. The standard InChI is InChI=1S/C35H43ClN2O11S/c1-21(2)27(35(46)37-26(18-31(42)43)17-29(36)50(47,48)22(3)4)19-28(39)33(24-13-9-6-10-14-24)38-34(45)25(15-30(40)41)16-32(44)49-20-23-11-7-5-8-12-23/h5-14,17,21-22,25-27,33H,15-16,18-20H2,1-4H3,(H,37,46)(H,38,45)(H,40,41)(H,42,43)/b29-17+/t25-,26-,27+,33+/m1/s1. The first-order valence-corrected chi connectivity index (χ1v) is 17.8. The fourth-order valence-corrected chi connectivity index (χ4v) is 6.29. The van der Waals surface area contributed by atoms with Crippen molar-refractivity contribution >= 4 is 56.9 Å². The third kappa shape index (κ3) is 13.4. The molecule has 0 bridgehead atoms. The van der Waals surface area contributed by atoms with Crippen molar-refractivity contribution in [3.8, 4) is 0 Å². The predicted octanol–water partition coefficient (Wildman–Crippen LogP) is 4.16. The second-order valence-electron chi connectivity index (χ2n) is 12.3. The smallest absolute Gasteiger partial charge is 0.306 e. The normalized spacial score (nSPS) is 14.3. The number of ether oxygens (including phenoxy) is 1. The van der Waals surface area contributed by atoms with E-state index in [1.165, 1.54) is 13.8 Å². The second kappa shape index (κ2) is 19.6. The first-order chi connectivity index (χ1) is 23.4. The molecule has 0 unspecified atom stereocenters. The lowest BCUT2D eigenvalue weighted by Crippen LogP contribution is -2.44. The van der Waals surface area contributed by atoms with Gasteiger partial charge >= 0.3 is 17.9 Å². The number of rotatable bonds is 20. The van der Waals surface area contributed by atoms with Gasteiger partial charge in [0.25, 0.3) is 0 Å². The Hall–Kier alpha value is -4.56. The largest absolute Gasteiger partial charge is 0.481 e. The number of hydrogen-bond acceptors (Lipinski definition) is 9. The van der Waals surface area contributed by atoms with E-state index in [2.05, 4.69) is 10.6 Å². The van der Waals surface area contributed by atoms with Crippen LogP contribution in [0.1, 0.15) is 70.5 Å². The molecule has 0 aliphatic rings. The predicted molar refractivity (Wildman–Crippen MR) is 184 cm³/mol. The molecule has 0 aliphatic heterocycles. The number of sulfone groups is 1. The molecule has 272 valence electrons. The van der Waals surface area contributed by atoms with Gasteiger partial charge in [-0.1, -0.05) is 86.1 Å². The van der Waals surface area contributed by atoms with Gasteiger partial charge in [0.2, 0.25) is 11.8 Å². The SMILES string of the molecule is CC(C)[C@H](CC(=O)[C@@H](NC(=O)[C@H](CC(=O)O)CC(=O)OCc1ccccc1)c1ccccc1)C(=O)N[C@H](/C=C(\Cl)S(=O)(=O)C(C)C)CC(=O)O. The molecule has 2 rings (SSSR count). The molecule has 0 saturated carbocycles. The number of esters is 1. The Kier molecular flexibility index (Phi) is 16.3. The molecule has 0 fully saturated rings. The summed E-state index contributed by atoms with van der Waals surface area (Å²) in [5.74, 6) is -8.77. The van der Waals surface area contributed by atoms with Gasteiger partial charge in [0.15, 0.2) is 15.6 Å². The third-order valence-electron chi connectivity index (χ3n) is 7.70. The lowest BCUT2D eigenvalue weighted by molar-refractivity contribution is -0.150. The van der Waals surface area contributed by atoms with Gasteiger partial charge in [-0.25, -0.2) is 8.42 Å². The fraction of sp³-hybridized carbons (Fsp3) is 0.429. The van der Waals surface area contributed by atoms with Crippen LogP contribution >= 0.6 is 11.6 Å². The minimum atomic E-state index is -3.97. The van der Waals surface area contributed by atoms with Crippen LogP contribution in [-0.4, -0.2) is 65.4 Å². The number of Topliss-reactive ketones (excluding diaryl/α,β-unsaturated/α-hetero) is 1. The maximum Gasteiger partial charge on any atom is 0.306 e. The Morgan fingerprint density at radius 2 is 1.34 bits per heavy atom. The second-order valence-corrected chi connectivity index (χ2v) is 15.4. The van der Waals surface area contributed by atoms with Gasteiger partial charge < -0.3 is 25.6 Å². The summed E-state index contributed by atoms with van der Waals surface area (Å²) in [6.45, 7) is 5.99. The number of carboxylic acid groups (broad SMARTS) is 2. The van der Waals surface area contributed by atoms with Crippen molar-refractivity contribution in [2.75, 3.05) is 0 Å². The molecule has 0 aliphatic carbocycles. The third-order valence-corrected chi connectivity index (χ3v) is 10.4. The van der Waals surface area contributed by atoms with E-state index < -0.39 is 110 Å². The highest BCUT2D eigenvalue weighted by Crippen LogP contribution is 2.25. The number of aliphatic carboxylic acids is 2. The minimum absolute atomic E-state index is 0.0896. The summed E-state index contributed by atoms with van der Waals surface area (Å²) >= 11 is 6.02. The van der Waals surface area contributed by atoms with E-state index in [0.717, 1.165) is 6.08 Å². The zero-order valence-corrected chi connectivity index (χ0v) is 29.8. The molecule has 0 saturated heterocycles. The molecule has 2 aromatic rings. The molecule has 50 heavy (non-hydrogen) atoms. The van der Waals surface area contributed by atoms with Crippen molar-refractivity contribution in [1.29, 1.82) is 0 Å². The average Bonchev–Trinajstić information content (AvgIpc) is 3.04. The van der Waals surface area contributed by atoms with Crippen LogP contribution in [0.25, 0.3) is 0 Å². The van der Waals surface area contributed by atoms with Crippen LogP contribution in [0.3, 0.4) is 0 Å². The minimum Gasteiger partial charge on any atom is -0.481 e. The van der Waals surface area contributed by atoms with Gasteiger partial charge in [-0.3, -0.25) is 28.8 Å². The monoisotopic (exact) mass is 734 g/mol. The number of carboxylic acids is 2. The number of ketones is 1. The average molecular weight is 735 g/mol. The lowest BCUT2D eigenvalue weighted by atomic mass is 9.86. The van der Waals surface area contributed by atoms with E-state index in [-0.39, 0.29) is 6.61 Å². The molecule has 2 amide bonds. The maximum absolute atomic E-state index is 13.9. The Balaban J connectivity index is 2.31. The summed E-state index contributed by atoms with van der Waals surface area (Å²) in [7, 11) is -3.97. The van der Waals surface area contributed by atoms with Crippen LogP contribution in [0.2, 0.25) is 0 Å². The van der Waals surface area contributed by atoms with Crippen LogP contribution in [0.5, 0.6) is 0 Å². The Morgan fingerprint density at radius 3 is 1.86 bits per heavy atom. The van der Waals surface area contributed by atoms with Crippen LogP contribution in [0, 0.1) is 17.8 Å². The highest BCUT2D eigenvalue weighted by molar-refractivity contribution is 7.97. The molecule has 0 spiro atoms. The van der Waals surface area contributed by atoms with Crippen molar-refractivity contribution in [3.63, 3.8) is 0 Å². The van der Waals surface area contributed by atoms with Crippen molar-refractivity contribution in [2.45, 2.75) is 77.3 Å². The number of halogens is 1. The number of hydrogen-bond donors (Lipinski definition) is 4. The Bertz CT molecular complexity index is 1640. The summed E-state index contributed by atoms with van der Waals surface area (Å²) in [6, 6.07) is 14.1. The molecule has 15 heteroatoms. The molecule has 4 N–H and O–H groups in total. The van der Waals surface area contributed by atoms with Crippen molar-refractivity contribution < 1.29 is 52.1 Å². The van der Waals surface area contributed by atoms with Gasteiger partial charge in [0.1, 0.15) is 17.0 Å². The molecule has 0 radical (unpaired) electrons. The van der Waals surface area contributed by atoms with Gasteiger partial charge in [-0.05, 0) is 37.0 Å². The molecule has 0 aromatic heterocycles. The van der Waals surface area contributed by atoms with E-state index in [0.29, 0.717) is 11.1 Å². The molecule has 13 nitrogen and oxygen atoms in total. The van der Waals surface area contributed by atoms with Crippen molar-refractivity contribution in [1.82, 2.24) is 10.6 Å². The maximum atomic E-state index is 13.9. The van der Waals surface area contributed by atoms with Gasteiger partial charge in [-0.2, -0.15) is 0 Å². The van der Waals surface area contributed by atoms with Crippen LogP contribution in [0.4, 0.5) is 0 Å². The van der Waals surface area contributed by atoms with E-state index in [1.54, 1.807) is 74.5 Å². The van der Waals surface area contributed by atoms with E-state index in [9.17, 15) is 47.4 Å². The Morgan fingerprint density at radius 1 is 0.780 bits per heavy atom. The van der Waals surface area contributed by atoms with Crippen LogP contribution < -0.4 is 10.6 Å². The van der Waals surface area contributed by atoms with E-state index in [1.807, 2.05) is 0 Å². The molecule has 2 aromatic carbocycles. The van der Waals surface area contributed by atoms with Crippen LogP contribution in [0.15, 0.2) is 71.1 Å². The molecule has 4 atom stereocenters. The van der Waals surface area contributed by atoms with Crippen molar-refractivity contribution in [3.05, 3.63) is 82.2 Å². The first-order valence-electron chi connectivity index (χ1n) is 15.8. The van der Waals surface area contributed by atoms with E-state index >= 15 is 0 Å². The number of amides is 2. The van der Waals surface area contributed by atoms with Gasteiger partial charge in [0, 0.05) is 12.3 Å². The van der Waals surface area contributed by atoms with Gasteiger partial charge in [-0.15, -0.1) is 0 Å². The summed E-state index contributed by atoms with van der Waals surface area (Å²) in [5.41, 5.74) is 1.01. The molecular formula is C35H43ClN2O11S. The van der Waals surface area contributed by atoms with Gasteiger partial charge in [0.05, 0.1) is 36.5 Å². The molecular weight excluding hydrogens is 692 g/mol. The van der Waals surface area contributed by atoms with E-state index in [4.69, 9.17) is 16.3 Å². The first kappa shape index (κ1) is 41.6. The summed E-state index contributed by atoms with van der Waals surface area (Å²) in [6.07, 6.45) is -1.52. The fourth-order valence-electron chi connectivity index (χ4n) is 4.80.